The van der Waals surface area contributed by atoms with Crippen molar-refractivity contribution in [2.75, 3.05) is 59.0 Å². The van der Waals surface area contributed by atoms with Crippen LogP contribution in [-0.2, 0) is 0 Å². The Morgan fingerprint density at radius 1 is 0.739 bits per heavy atom. The normalized spacial score (nSPS) is 15.7. The number of rotatable bonds is 14. The van der Waals surface area contributed by atoms with Gasteiger partial charge in [0.25, 0.3) is 0 Å². The Bertz CT molecular complexity index is 290. The van der Waals surface area contributed by atoms with Gasteiger partial charge >= 0.3 is 0 Å². The Labute approximate surface area is 143 Å². The van der Waals surface area contributed by atoms with Gasteiger partial charge < -0.3 is 24.3 Å². The molecule has 140 valence electrons. The van der Waals surface area contributed by atoms with E-state index in [4.69, 9.17) is 5.11 Å². The third-order valence-corrected chi connectivity index (χ3v) is 5.66. The highest BCUT2D eigenvalue weighted by molar-refractivity contribution is 4.55. The number of hydrogen-bond acceptors (Lipinski definition) is 3. The van der Waals surface area contributed by atoms with Crippen molar-refractivity contribution in [1.82, 2.24) is 0 Å². The Morgan fingerprint density at radius 2 is 1.13 bits per heavy atom. The maximum atomic E-state index is 9.82. The van der Waals surface area contributed by atoms with Gasteiger partial charge in [-0.15, -0.1) is 0 Å². The summed E-state index contributed by atoms with van der Waals surface area (Å²) >= 11 is 0. The van der Waals surface area contributed by atoms with E-state index in [0.29, 0.717) is 6.54 Å². The quantitative estimate of drug-likeness (QED) is 0.331. The Kier molecular flexibility index (Phi) is 11.3. The monoisotopic (exact) mass is 334 g/mol. The first kappa shape index (κ1) is 22.8. The van der Waals surface area contributed by atoms with E-state index in [1.165, 1.54) is 0 Å². The molecule has 5 heteroatoms. The summed E-state index contributed by atoms with van der Waals surface area (Å²) in [6, 6.07) is 0. The number of likely N-dealkylation sites (N-methyl/N-ethyl adjacent to an activating group) is 2. The number of aliphatic hydroxyl groups is 3. The highest BCUT2D eigenvalue weighted by Gasteiger charge is 2.28. The summed E-state index contributed by atoms with van der Waals surface area (Å²) in [7, 11) is 0. The molecular formula is C18H42N2O3+2. The van der Waals surface area contributed by atoms with E-state index in [0.717, 1.165) is 67.6 Å². The van der Waals surface area contributed by atoms with Gasteiger partial charge in [-0.1, -0.05) is 0 Å². The standard InChI is InChI=1S/C18H42N2O3/c1-6-19(7-2,14-17(5)22)12-10-11-13-20(8-3,9-4)15-18(23)16-21/h17-18,21-23H,6-16H2,1-5H3/q+2. The van der Waals surface area contributed by atoms with Crippen molar-refractivity contribution < 1.29 is 24.3 Å². The first-order valence-electron chi connectivity index (χ1n) is 9.49. The van der Waals surface area contributed by atoms with Gasteiger partial charge in [-0.25, -0.2) is 0 Å². The summed E-state index contributed by atoms with van der Waals surface area (Å²) in [6.07, 6.45) is 1.39. The number of quaternary nitrogens is 2. The molecule has 0 bridgehead atoms. The molecule has 5 nitrogen and oxygen atoms in total. The number of hydrogen-bond donors (Lipinski definition) is 3. The molecule has 0 saturated heterocycles. The van der Waals surface area contributed by atoms with Gasteiger partial charge in [-0.2, -0.15) is 0 Å². The Hall–Kier alpha value is -0.200. The molecule has 0 heterocycles. The summed E-state index contributed by atoms with van der Waals surface area (Å²) in [4.78, 5) is 0. The van der Waals surface area contributed by atoms with Crippen molar-refractivity contribution in [3.63, 3.8) is 0 Å². The molecule has 0 aliphatic rings. The molecule has 0 spiro atoms. The summed E-state index contributed by atoms with van der Waals surface area (Å²) in [5.74, 6) is 0. The molecule has 0 saturated carbocycles. The predicted molar refractivity (Wildman–Crippen MR) is 96.2 cm³/mol. The minimum Gasteiger partial charge on any atom is -0.393 e. The van der Waals surface area contributed by atoms with E-state index < -0.39 is 6.10 Å². The van der Waals surface area contributed by atoms with Gasteiger partial charge in [-0.3, -0.25) is 0 Å². The first-order valence-corrected chi connectivity index (χ1v) is 9.49. The topological polar surface area (TPSA) is 60.7 Å². The first-order chi connectivity index (χ1) is 10.8. The minimum absolute atomic E-state index is 0.153. The summed E-state index contributed by atoms with van der Waals surface area (Å²) < 4.78 is 1.85. The van der Waals surface area contributed by atoms with Crippen LogP contribution in [-0.4, -0.2) is 95.5 Å². The third kappa shape index (κ3) is 7.94. The summed E-state index contributed by atoms with van der Waals surface area (Å²) in [5, 5.41) is 28.7. The van der Waals surface area contributed by atoms with Gasteiger partial charge in [0.1, 0.15) is 25.3 Å². The van der Waals surface area contributed by atoms with Crippen molar-refractivity contribution in [2.24, 2.45) is 0 Å². The lowest BCUT2D eigenvalue weighted by Crippen LogP contribution is -2.54. The van der Waals surface area contributed by atoms with Crippen LogP contribution in [0.3, 0.4) is 0 Å². The average molecular weight is 335 g/mol. The van der Waals surface area contributed by atoms with Gasteiger partial charge in [0.2, 0.25) is 0 Å². The van der Waals surface area contributed by atoms with Crippen LogP contribution in [0.1, 0.15) is 47.5 Å². The molecule has 3 N–H and O–H groups in total. The van der Waals surface area contributed by atoms with Crippen LogP contribution >= 0.6 is 0 Å². The summed E-state index contributed by atoms with van der Waals surface area (Å²) in [5.41, 5.74) is 0. The van der Waals surface area contributed by atoms with Gasteiger partial charge in [0.15, 0.2) is 0 Å². The zero-order valence-corrected chi connectivity index (χ0v) is 16.2. The third-order valence-electron chi connectivity index (χ3n) is 5.66. The van der Waals surface area contributed by atoms with Crippen LogP contribution in [0.25, 0.3) is 0 Å². The molecule has 2 unspecified atom stereocenters. The molecule has 0 fully saturated rings. The van der Waals surface area contributed by atoms with E-state index in [9.17, 15) is 10.2 Å². The van der Waals surface area contributed by atoms with Crippen LogP contribution < -0.4 is 0 Å². The van der Waals surface area contributed by atoms with Gasteiger partial charge in [-0.05, 0) is 34.6 Å². The molecule has 23 heavy (non-hydrogen) atoms. The van der Waals surface area contributed by atoms with Crippen molar-refractivity contribution >= 4 is 0 Å². The number of aliphatic hydroxyl groups excluding tert-OH is 3. The molecule has 0 aromatic heterocycles. The van der Waals surface area contributed by atoms with Crippen molar-refractivity contribution in [1.29, 1.82) is 0 Å². The van der Waals surface area contributed by atoms with E-state index in [-0.39, 0.29) is 12.7 Å². The molecule has 0 aromatic rings. The van der Waals surface area contributed by atoms with Crippen molar-refractivity contribution in [3.8, 4) is 0 Å². The van der Waals surface area contributed by atoms with Crippen molar-refractivity contribution in [3.05, 3.63) is 0 Å². The van der Waals surface area contributed by atoms with Gasteiger partial charge in [0, 0.05) is 12.8 Å². The van der Waals surface area contributed by atoms with E-state index in [1.54, 1.807) is 0 Å². The van der Waals surface area contributed by atoms with Crippen LogP contribution in [0.5, 0.6) is 0 Å². The Morgan fingerprint density at radius 3 is 1.43 bits per heavy atom. The van der Waals surface area contributed by atoms with Crippen LogP contribution in [0.4, 0.5) is 0 Å². The molecule has 0 rings (SSSR count). The smallest absolute Gasteiger partial charge is 0.126 e. The SMILES string of the molecule is CC[N+](CC)(CCCC[N+](CC)(CC)CC(O)CO)CC(C)O. The predicted octanol–water partition coefficient (Wildman–Crippen LogP) is 1.21. The van der Waals surface area contributed by atoms with E-state index >= 15 is 0 Å². The second kappa shape index (κ2) is 11.4. The fourth-order valence-electron chi connectivity index (χ4n) is 3.74. The second-order valence-electron chi connectivity index (χ2n) is 7.15. The molecule has 0 radical (unpaired) electrons. The van der Waals surface area contributed by atoms with Crippen LogP contribution in [0, 0.1) is 0 Å². The Balaban J connectivity index is 4.52. The molecule has 0 aliphatic carbocycles. The second-order valence-corrected chi connectivity index (χ2v) is 7.15. The largest absolute Gasteiger partial charge is 0.393 e. The van der Waals surface area contributed by atoms with Crippen LogP contribution in [0.2, 0.25) is 0 Å². The van der Waals surface area contributed by atoms with Crippen LogP contribution in [0.15, 0.2) is 0 Å². The molecule has 0 aliphatic heterocycles. The maximum Gasteiger partial charge on any atom is 0.126 e. The highest BCUT2D eigenvalue weighted by atomic mass is 16.3. The van der Waals surface area contributed by atoms with E-state index in [1.807, 2.05) is 6.92 Å². The maximum absolute atomic E-state index is 9.82. The molecule has 0 amide bonds. The number of unbranched alkanes of at least 4 members (excludes halogenated alkanes) is 1. The minimum atomic E-state index is -0.619. The molecular weight excluding hydrogens is 292 g/mol. The lowest BCUT2D eigenvalue weighted by atomic mass is 10.1. The fraction of sp³-hybridized carbons (Fsp3) is 1.00. The lowest BCUT2D eigenvalue weighted by molar-refractivity contribution is -0.933. The average Bonchev–Trinajstić information content (AvgIpc) is 2.55. The number of nitrogens with zero attached hydrogens (tertiary/aromatic N) is 2. The van der Waals surface area contributed by atoms with Crippen molar-refractivity contribution in [2.45, 2.75) is 59.7 Å². The van der Waals surface area contributed by atoms with Gasteiger partial charge in [0.05, 0.1) is 45.9 Å². The zero-order valence-electron chi connectivity index (χ0n) is 16.2. The lowest BCUT2D eigenvalue weighted by Gasteiger charge is -2.40. The molecule has 0 aromatic carbocycles. The van der Waals surface area contributed by atoms with E-state index in [2.05, 4.69) is 27.7 Å². The highest BCUT2D eigenvalue weighted by Crippen LogP contribution is 2.14. The fourth-order valence-corrected chi connectivity index (χ4v) is 3.74. The zero-order chi connectivity index (χ0) is 17.9. The summed E-state index contributed by atoms with van der Waals surface area (Å²) in [6.45, 7) is 18.2. The molecule has 2 atom stereocenters.